The third-order valence-electron chi connectivity index (χ3n) is 5.81. The maximum Gasteiger partial charge on any atom is 0.0236 e. The molecule has 2 fully saturated rings. The molecule has 0 radical (unpaired) electrons. The van der Waals surface area contributed by atoms with E-state index in [1.165, 1.54) is 44.3 Å². The lowest BCUT2D eigenvalue weighted by Crippen LogP contribution is -2.58. The molecule has 0 spiro atoms. The first-order valence-corrected chi connectivity index (χ1v) is 8.72. The van der Waals surface area contributed by atoms with Crippen molar-refractivity contribution in [3.63, 3.8) is 0 Å². The van der Waals surface area contributed by atoms with Crippen LogP contribution in [0.25, 0.3) is 0 Å². The van der Waals surface area contributed by atoms with Crippen LogP contribution in [0.1, 0.15) is 45.1 Å². The molecule has 2 heteroatoms. The number of hydrogen-bond donors (Lipinski definition) is 1. The Kier molecular flexibility index (Phi) is 4.66. The molecule has 2 aliphatic rings. The molecule has 2 atom stereocenters. The maximum absolute atomic E-state index is 3.75. The summed E-state index contributed by atoms with van der Waals surface area (Å²) >= 11 is 0. The Balaban J connectivity index is 1.59. The molecule has 0 amide bonds. The summed E-state index contributed by atoms with van der Waals surface area (Å²) in [6, 6.07) is 12.2. The fourth-order valence-corrected chi connectivity index (χ4v) is 3.98. The molecular weight excluding hydrogens is 256 g/mol. The fraction of sp³-hybridized carbons (Fsp3) is 0.684. The molecule has 1 saturated carbocycles. The zero-order valence-electron chi connectivity index (χ0n) is 13.6. The number of hydrogen-bond acceptors (Lipinski definition) is 2. The summed E-state index contributed by atoms with van der Waals surface area (Å²) in [6.07, 6.45) is 6.85. The van der Waals surface area contributed by atoms with Crippen molar-refractivity contribution in [2.24, 2.45) is 5.41 Å². The molecule has 0 bridgehead atoms. The molecule has 0 aromatic heterocycles. The van der Waals surface area contributed by atoms with E-state index >= 15 is 0 Å². The summed E-state index contributed by atoms with van der Waals surface area (Å²) in [7, 11) is 0. The van der Waals surface area contributed by atoms with Gasteiger partial charge in [-0.3, -0.25) is 4.90 Å². The molecule has 1 aromatic carbocycles. The van der Waals surface area contributed by atoms with Gasteiger partial charge in [-0.1, -0.05) is 43.7 Å². The minimum atomic E-state index is 0.609. The zero-order valence-corrected chi connectivity index (χ0v) is 13.6. The first kappa shape index (κ1) is 15.1. The van der Waals surface area contributed by atoms with Gasteiger partial charge in [-0.25, -0.2) is 0 Å². The Morgan fingerprint density at radius 2 is 2.00 bits per heavy atom. The normalized spacial score (nSPS) is 29.0. The quantitative estimate of drug-likeness (QED) is 0.891. The van der Waals surface area contributed by atoms with Crippen molar-refractivity contribution in [3.05, 3.63) is 35.9 Å². The van der Waals surface area contributed by atoms with Crippen molar-refractivity contribution < 1.29 is 0 Å². The van der Waals surface area contributed by atoms with Gasteiger partial charge in [0.15, 0.2) is 0 Å². The Morgan fingerprint density at radius 3 is 2.62 bits per heavy atom. The Morgan fingerprint density at radius 1 is 1.24 bits per heavy atom. The van der Waals surface area contributed by atoms with Crippen molar-refractivity contribution in [2.75, 3.05) is 19.6 Å². The molecule has 1 N–H and O–H groups in total. The average molecular weight is 286 g/mol. The predicted molar refractivity (Wildman–Crippen MR) is 89.5 cm³/mol. The highest BCUT2D eigenvalue weighted by Gasteiger charge is 2.38. The van der Waals surface area contributed by atoms with Crippen LogP contribution in [-0.2, 0) is 6.42 Å². The lowest BCUT2D eigenvalue weighted by molar-refractivity contribution is 0.0255. The van der Waals surface area contributed by atoms with Gasteiger partial charge >= 0.3 is 0 Å². The van der Waals surface area contributed by atoms with Crippen molar-refractivity contribution in [3.8, 4) is 0 Å². The van der Waals surface area contributed by atoms with E-state index in [0.29, 0.717) is 17.5 Å². The van der Waals surface area contributed by atoms with E-state index in [1.807, 2.05) is 0 Å². The van der Waals surface area contributed by atoms with E-state index in [0.717, 1.165) is 13.0 Å². The molecule has 1 heterocycles. The third-order valence-corrected chi connectivity index (χ3v) is 5.81. The number of rotatable bonds is 5. The minimum Gasteiger partial charge on any atom is -0.311 e. The third kappa shape index (κ3) is 3.49. The fourth-order valence-electron chi connectivity index (χ4n) is 3.98. The van der Waals surface area contributed by atoms with Crippen LogP contribution in [-0.4, -0.2) is 36.6 Å². The second-order valence-electron chi connectivity index (χ2n) is 7.28. The van der Waals surface area contributed by atoms with Crippen LogP contribution in [0.3, 0.4) is 0 Å². The van der Waals surface area contributed by atoms with Gasteiger partial charge in [-0.15, -0.1) is 0 Å². The van der Waals surface area contributed by atoms with Crippen LogP contribution >= 0.6 is 0 Å². The second-order valence-corrected chi connectivity index (χ2v) is 7.28. The monoisotopic (exact) mass is 286 g/mol. The molecule has 116 valence electrons. The van der Waals surface area contributed by atoms with E-state index < -0.39 is 0 Å². The molecular formula is C19H30N2. The molecule has 21 heavy (non-hydrogen) atoms. The van der Waals surface area contributed by atoms with Crippen LogP contribution in [0, 0.1) is 5.41 Å². The summed E-state index contributed by atoms with van der Waals surface area (Å²) in [5, 5.41) is 3.75. The van der Waals surface area contributed by atoms with Gasteiger partial charge in [0, 0.05) is 31.7 Å². The van der Waals surface area contributed by atoms with E-state index in [1.54, 1.807) is 0 Å². The summed E-state index contributed by atoms with van der Waals surface area (Å²) < 4.78 is 0. The molecule has 2 unspecified atom stereocenters. The van der Waals surface area contributed by atoms with Crippen molar-refractivity contribution >= 4 is 0 Å². The van der Waals surface area contributed by atoms with E-state index in [2.05, 4.69) is 54.4 Å². The van der Waals surface area contributed by atoms with Gasteiger partial charge in [0.2, 0.25) is 0 Å². The standard InChI is InChI=1S/C19H30N2/c1-3-19(10-7-11-19)15-21-14-18(20-13-16(21)2)12-17-8-5-4-6-9-17/h4-6,8-9,16,18,20H,3,7,10-15H2,1-2H3. The van der Waals surface area contributed by atoms with E-state index in [9.17, 15) is 0 Å². The average Bonchev–Trinajstić information content (AvgIpc) is 2.47. The molecule has 1 saturated heterocycles. The first-order valence-electron chi connectivity index (χ1n) is 8.72. The Bertz CT molecular complexity index is 433. The second kappa shape index (κ2) is 6.50. The van der Waals surface area contributed by atoms with Crippen molar-refractivity contribution in [1.82, 2.24) is 10.2 Å². The van der Waals surface area contributed by atoms with Crippen LogP contribution in [0.5, 0.6) is 0 Å². The van der Waals surface area contributed by atoms with Crippen molar-refractivity contribution in [2.45, 2.75) is 58.0 Å². The molecule has 1 aromatic rings. The number of piperazine rings is 1. The SMILES string of the molecule is CCC1(CN2CC(Cc3ccccc3)NCC2C)CCC1. The molecule has 2 nitrogen and oxygen atoms in total. The summed E-state index contributed by atoms with van der Waals surface area (Å²) in [6.45, 7) is 8.42. The predicted octanol–water partition coefficient (Wildman–Crippen LogP) is 3.47. The highest BCUT2D eigenvalue weighted by Crippen LogP contribution is 2.44. The van der Waals surface area contributed by atoms with Gasteiger partial charge in [0.25, 0.3) is 0 Å². The zero-order chi connectivity index (χ0) is 14.7. The van der Waals surface area contributed by atoms with E-state index in [4.69, 9.17) is 0 Å². The van der Waals surface area contributed by atoms with Gasteiger partial charge < -0.3 is 5.32 Å². The van der Waals surface area contributed by atoms with Crippen LogP contribution in [0.2, 0.25) is 0 Å². The summed E-state index contributed by atoms with van der Waals surface area (Å²) in [4.78, 5) is 2.76. The largest absolute Gasteiger partial charge is 0.311 e. The highest BCUT2D eigenvalue weighted by atomic mass is 15.2. The van der Waals surface area contributed by atoms with Crippen LogP contribution in [0.4, 0.5) is 0 Å². The van der Waals surface area contributed by atoms with Gasteiger partial charge in [0.1, 0.15) is 0 Å². The Labute approximate surface area is 129 Å². The smallest absolute Gasteiger partial charge is 0.0236 e. The van der Waals surface area contributed by atoms with Crippen molar-refractivity contribution in [1.29, 1.82) is 0 Å². The maximum atomic E-state index is 3.75. The molecule has 1 aliphatic carbocycles. The number of benzene rings is 1. The minimum absolute atomic E-state index is 0.609. The van der Waals surface area contributed by atoms with Gasteiger partial charge in [-0.05, 0) is 43.6 Å². The number of nitrogens with one attached hydrogen (secondary N) is 1. The van der Waals surface area contributed by atoms with E-state index in [-0.39, 0.29) is 0 Å². The lowest BCUT2D eigenvalue weighted by Gasteiger charge is -2.49. The van der Waals surface area contributed by atoms with Gasteiger partial charge in [-0.2, -0.15) is 0 Å². The lowest BCUT2D eigenvalue weighted by atomic mass is 9.66. The summed E-state index contributed by atoms with van der Waals surface area (Å²) in [5.41, 5.74) is 2.10. The topological polar surface area (TPSA) is 15.3 Å². The Hall–Kier alpha value is -0.860. The number of nitrogens with zero attached hydrogens (tertiary/aromatic N) is 1. The molecule has 3 rings (SSSR count). The molecule has 1 aliphatic heterocycles. The summed E-state index contributed by atoms with van der Waals surface area (Å²) in [5.74, 6) is 0. The first-order chi connectivity index (χ1) is 10.2. The van der Waals surface area contributed by atoms with Crippen LogP contribution in [0.15, 0.2) is 30.3 Å². The van der Waals surface area contributed by atoms with Gasteiger partial charge in [0.05, 0.1) is 0 Å². The van der Waals surface area contributed by atoms with Crippen LogP contribution < -0.4 is 5.32 Å². The highest BCUT2D eigenvalue weighted by molar-refractivity contribution is 5.16.